The number of methoxy groups -OCH3 is 1. The highest BCUT2D eigenvalue weighted by Gasteiger charge is 2.31. The highest BCUT2D eigenvalue weighted by molar-refractivity contribution is 7.99. The number of benzene rings is 2. The van der Waals surface area contributed by atoms with Crippen molar-refractivity contribution < 1.29 is 22.7 Å². The number of nitrogens with zero attached hydrogens (tertiary/aromatic N) is 2. The van der Waals surface area contributed by atoms with Gasteiger partial charge in [0.15, 0.2) is 5.16 Å². The molecule has 2 aromatic carbocycles. The number of nitrogens with one attached hydrogen (secondary N) is 1. The number of carbonyl (C=O) groups is 1. The molecule has 0 aliphatic carbocycles. The summed E-state index contributed by atoms with van der Waals surface area (Å²) in [6.07, 6.45) is -4.54. The fourth-order valence-corrected chi connectivity index (χ4v) is 3.50. The Morgan fingerprint density at radius 1 is 1.13 bits per heavy atom. The zero-order chi connectivity index (χ0) is 22.6. The predicted molar refractivity (Wildman–Crippen MR) is 115 cm³/mol. The van der Waals surface area contributed by atoms with Gasteiger partial charge in [0.2, 0.25) is 5.91 Å². The summed E-state index contributed by atoms with van der Waals surface area (Å²) in [5.74, 6) is 0.0920. The van der Waals surface area contributed by atoms with Crippen molar-refractivity contribution >= 4 is 35.0 Å². The number of rotatable bonds is 6. The van der Waals surface area contributed by atoms with Crippen LogP contribution in [0.2, 0.25) is 5.02 Å². The number of carbonyl (C=O) groups excluding carboxylic acids is 1. The molecule has 0 atom stereocenters. The van der Waals surface area contributed by atoms with E-state index in [1.807, 2.05) is 30.3 Å². The van der Waals surface area contributed by atoms with Gasteiger partial charge in [0.05, 0.1) is 34.8 Å². The van der Waals surface area contributed by atoms with Gasteiger partial charge in [-0.3, -0.25) is 4.79 Å². The standard InChI is InChI=1S/C21H17ClF3N3O2S/c1-12-9-17(13-3-6-15(30-2)7-4-13)28-20(26-12)31-11-19(29)27-18-10-14(21(23,24)25)5-8-16(18)22/h3-10H,11H2,1-2H3,(H,27,29). The van der Waals surface area contributed by atoms with Crippen molar-refractivity contribution in [2.75, 3.05) is 18.2 Å². The van der Waals surface area contributed by atoms with E-state index >= 15 is 0 Å². The van der Waals surface area contributed by atoms with Crippen LogP contribution in [0.3, 0.4) is 0 Å². The lowest BCUT2D eigenvalue weighted by Gasteiger charge is -2.11. The van der Waals surface area contributed by atoms with Gasteiger partial charge in [0.1, 0.15) is 5.75 Å². The summed E-state index contributed by atoms with van der Waals surface area (Å²) < 4.78 is 43.8. The maximum absolute atomic E-state index is 12.9. The number of hydrogen-bond donors (Lipinski definition) is 1. The van der Waals surface area contributed by atoms with E-state index in [0.29, 0.717) is 22.3 Å². The molecule has 3 aromatic rings. The molecule has 1 aromatic heterocycles. The molecule has 0 saturated heterocycles. The van der Waals surface area contributed by atoms with Gasteiger partial charge in [0.25, 0.3) is 0 Å². The van der Waals surface area contributed by atoms with E-state index < -0.39 is 17.6 Å². The maximum Gasteiger partial charge on any atom is 0.416 e. The lowest BCUT2D eigenvalue weighted by molar-refractivity contribution is -0.137. The molecule has 0 spiro atoms. The number of hydrogen-bond acceptors (Lipinski definition) is 5. The summed E-state index contributed by atoms with van der Waals surface area (Å²) in [6.45, 7) is 1.81. The van der Waals surface area contributed by atoms with Crippen LogP contribution in [0.1, 0.15) is 11.3 Å². The van der Waals surface area contributed by atoms with Gasteiger partial charge >= 0.3 is 6.18 Å². The fourth-order valence-electron chi connectivity index (χ4n) is 2.63. The number of alkyl halides is 3. The van der Waals surface area contributed by atoms with Crippen molar-refractivity contribution in [2.45, 2.75) is 18.3 Å². The zero-order valence-electron chi connectivity index (χ0n) is 16.5. The van der Waals surface area contributed by atoms with E-state index in [9.17, 15) is 18.0 Å². The minimum atomic E-state index is -4.54. The van der Waals surface area contributed by atoms with Gasteiger partial charge in [-0.2, -0.15) is 13.2 Å². The number of amides is 1. The molecule has 1 N–H and O–H groups in total. The third kappa shape index (κ3) is 6.11. The molecule has 0 aliphatic heterocycles. The van der Waals surface area contributed by atoms with Crippen molar-refractivity contribution in [3.8, 4) is 17.0 Å². The summed E-state index contributed by atoms with van der Waals surface area (Å²) in [4.78, 5) is 21.0. The van der Waals surface area contributed by atoms with E-state index in [2.05, 4.69) is 15.3 Å². The van der Waals surface area contributed by atoms with Crippen LogP contribution in [0, 0.1) is 6.92 Å². The second kappa shape index (κ2) is 9.57. The number of anilines is 1. The fraction of sp³-hybridized carbons (Fsp3) is 0.190. The number of aryl methyl sites for hydroxylation is 1. The van der Waals surface area contributed by atoms with Crippen LogP contribution in [0.15, 0.2) is 53.7 Å². The van der Waals surface area contributed by atoms with Crippen LogP contribution in [0.5, 0.6) is 5.75 Å². The van der Waals surface area contributed by atoms with Crippen LogP contribution in [0.4, 0.5) is 18.9 Å². The van der Waals surface area contributed by atoms with Crippen molar-refractivity contribution in [2.24, 2.45) is 0 Å². The second-order valence-electron chi connectivity index (χ2n) is 6.43. The number of thioether (sulfide) groups is 1. The van der Waals surface area contributed by atoms with E-state index in [4.69, 9.17) is 16.3 Å². The zero-order valence-corrected chi connectivity index (χ0v) is 18.0. The molecule has 31 heavy (non-hydrogen) atoms. The first-order valence-electron chi connectivity index (χ1n) is 8.95. The first-order valence-corrected chi connectivity index (χ1v) is 10.3. The molecule has 0 aliphatic rings. The summed E-state index contributed by atoms with van der Waals surface area (Å²) in [6, 6.07) is 11.9. The van der Waals surface area contributed by atoms with Gasteiger partial charge in [-0.1, -0.05) is 23.4 Å². The molecule has 3 rings (SSSR count). The summed E-state index contributed by atoms with van der Waals surface area (Å²) >= 11 is 6.99. The molecule has 0 saturated carbocycles. The average Bonchev–Trinajstić information content (AvgIpc) is 2.73. The Balaban J connectivity index is 1.70. The van der Waals surface area contributed by atoms with Gasteiger partial charge in [-0.05, 0) is 55.5 Å². The maximum atomic E-state index is 12.9. The highest BCUT2D eigenvalue weighted by atomic mass is 35.5. The van der Waals surface area contributed by atoms with Crippen molar-refractivity contribution in [1.29, 1.82) is 0 Å². The third-order valence-electron chi connectivity index (χ3n) is 4.12. The molecule has 1 amide bonds. The predicted octanol–water partition coefficient (Wildman–Crippen LogP) is 5.86. The van der Waals surface area contributed by atoms with E-state index in [0.717, 1.165) is 35.5 Å². The summed E-state index contributed by atoms with van der Waals surface area (Å²) in [5.41, 5.74) is 1.24. The van der Waals surface area contributed by atoms with Crippen LogP contribution in [-0.4, -0.2) is 28.7 Å². The molecular weight excluding hydrogens is 451 g/mol. The Hall–Kier alpha value is -2.78. The molecule has 0 unspecified atom stereocenters. The Morgan fingerprint density at radius 3 is 2.48 bits per heavy atom. The van der Waals surface area contributed by atoms with E-state index in [-0.39, 0.29) is 16.5 Å². The molecule has 1 heterocycles. The summed E-state index contributed by atoms with van der Waals surface area (Å²) in [7, 11) is 1.58. The Labute approximate surface area is 186 Å². The van der Waals surface area contributed by atoms with Gasteiger partial charge in [-0.25, -0.2) is 9.97 Å². The van der Waals surface area contributed by atoms with Crippen LogP contribution >= 0.6 is 23.4 Å². The lowest BCUT2D eigenvalue weighted by atomic mass is 10.1. The van der Waals surface area contributed by atoms with Gasteiger partial charge in [0, 0.05) is 11.3 Å². The van der Waals surface area contributed by atoms with Gasteiger partial charge < -0.3 is 10.1 Å². The molecule has 5 nitrogen and oxygen atoms in total. The number of halogens is 4. The Bertz CT molecular complexity index is 1090. The summed E-state index contributed by atoms with van der Waals surface area (Å²) in [5, 5.41) is 2.79. The van der Waals surface area contributed by atoms with E-state index in [1.165, 1.54) is 0 Å². The van der Waals surface area contributed by atoms with Crippen LogP contribution in [0.25, 0.3) is 11.3 Å². The topological polar surface area (TPSA) is 64.1 Å². The minimum Gasteiger partial charge on any atom is -0.497 e. The Kier molecular flexibility index (Phi) is 7.07. The van der Waals surface area contributed by atoms with Crippen molar-refractivity contribution in [3.05, 3.63) is 64.8 Å². The SMILES string of the molecule is COc1ccc(-c2cc(C)nc(SCC(=O)Nc3cc(C(F)(F)F)ccc3Cl)n2)cc1. The van der Waals surface area contributed by atoms with Crippen LogP contribution < -0.4 is 10.1 Å². The van der Waals surface area contributed by atoms with Gasteiger partial charge in [-0.15, -0.1) is 0 Å². The average molecular weight is 468 g/mol. The second-order valence-corrected chi connectivity index (χ2v) is 7.78. The molecular formula is C21H17ClF3N3O2S. The molecule has 162 valence electrons. The molecule has 0 bridgehead atoms. The first kappa shape index (κ1) is 22.9. The molecule has 10 heteroatoms. The third-order valence-corrected chi connectivity index (χ3v) is 5.30. The highest BCUT2D eigenvalue weighted by Crippen LogP contribution is 2.34. The van der Waals surface area contributed by atoms with E-state index in [1.54, 1.807) is 14.0 Å². The lowest BCUT2D eigenvalue weighted by Crippen LogP contribution is -2.15. The Morgan fingerprint density at radius 2 is 1.84 bits per heavy atom. The smallest absolute Gasteiger partial charge is 0.416 e. The van der Waals surface area contributed by atoms with Crippen LogP contribution in [-0.2, 0) is 11.0 Å². The van der Waals surface area contributed by atoms with Crippen molar-refractivity contribution in [3.63, 3.8) is 0 Å². The molecule has 0 radical (unpaired) electrons. The first-order chi connectivity index (χ1) is 14.7. The monoisotopic (exact) mass is 467 g/mol. The van der Waals surface area contributed by atoms with Crippen molar-refractivity contribution in [1.82, 2.24) is 9.97 Å². The molecule has 0 fully saturated rings. The quantitative estimate of drug-likeness (QED) is 0.363. The number of aromatic nitrogens is 2. The number of ether oxygens (including phenoxy) is 1. The normalized spacial score (nSPS) is 11.3. The minimum absolute atomic E-state index is 0.0138. The largest absolute Gasteiger partial charge is 0.497 e.